The minimum absolute atomic E-state index is 0. The van der Waals surface area contributed by atoms with E-state index < -0.39 is 0 Å². The van der Waals surface area contributed by atoms with Crippen LogP contribution in [0.1, 0.15) is 19.8 Å². The number of allylic oxidation sites excluding steroid dienone is 2. The summed E-state index contributed by atoms with van der Waals surface area (Å²) in [6.07, 6.45) is 6.15. The molecule has 3 heteroatoms. The maximum absolute atomic E-state index is 5.46. The van der Waals surface area contributed by atoms with Gasteiger partial charge in [-0.2, -0.15) is 0 Å². The average molecular weight is 204 g/mol. The Hall–Kier alpha value is -0.310. The molecule has 1 saturated heterocycles. The molecule has 0 aromatic carbocycles. The molecule has 1 heterocycles. The van der Waals surface area contributed by atoms with Gasteiger partial charge in [-0.05, 0) is 12.8 Å². The number of hydrogen-bond donors (Lipinski definition) is 1. The van der Waals surface area contributed by atoms with Crippen molar-refractivity contribution in [3.63, 3.8) is 0 Å². The van der Waals surface area contributed by atoms with Gasteiger partial charge in [0.2, 0.25) is 5.72 Å². The van der Waals surface area contributed by atoms with E-state index in [1.807, 2.05) is 19.1 Å². The predicted molar refractivity (Wildman–Crippen MR) is 49.3 cm³/mol. The Morgan fingerprint density at radius 1 is 1.46 bits per heavy atom. The van der Waals surface area contributed by atoms with Gasteiger partial charge in [0.25, 0.3) is 0 Å². The number of quaternary nitrogens is 1. The lowest BCUT2D eigenvalue weighted by Gasteiger charge is -2.08. The van der Waals surface area contributed by atoms with Crippen molar-refractivity contribution >= 4 is 0 Å². The largest absolute Gasteiger partial charge is 1.00 e. The monoisotopic (exact) mass is 203 g/mol. The van der Waals surface area contributed by atoms with Crippen LogP contribution < -0.4 is 18.1 Å². The molecule has 0 saturated carbocycles. The van der Waals surface area contributed by atoms with E-state index in [4.69, 9.17) is 4.74 Å². The van der Waals surface area contributed by atoms with E-state index >= 15 is 0 Å². The van der Waals surface area contributed by atoms with Gasteiger partial charge in [-0.25, -0.2) is 0 Å². The summed E-state index contributed by atoms with van der Waals surface area (Å²) in [5, 5.41) is 0. The first-order valence-corrected chi connectivity index (χ1v) is 4.36. The lowest BCUT2D eigenvalue weighted by atomic mass is 9.94. The molecule has 0 amide bonds. The van der Waals surface area contributed by atoms with E-state index in [-0.39, 0.29) is 18.1 Å². The standard InChI is InChI=1S/C10H17NO.ClH/c1-4-6-8(7-5-2)9-10(3,11)12-9;/h4-5,8-9H,1-2,6-7,11H2,3H3;1H. The lowest BCUT2D eigenvalue weighted by molar-refractivity contribution is -0.464. The molecule has 2 atom stereocenters. The van der Waals surface area contributed by atoms with Gasteiger partial charge in [0.05, 0.1) is 0 Å². The Labute approximate surface area is 86.2 Å². The Bertz CT molecular complexity index is 181. The molecule has 0 aliphatic carbocycles. The number of epoxide rings is 1. The fourth-order valence-electron chi connectivity index (χ4n) is 1.62. The first kappa shape index (κ1) is 12.7. The molecule has 0 bridgehead atoms. The fraction of sp³-hybridized carbons (Fsp3) is 0.600. The minimum atomic E-state index is -0.156. The predicted octanol–water partition coefficient (Wildman–Crippen LogP) is -1.88. The van der Waals surface area contributed by atoms with Gasteiger partial charge in [0.15, 0.2) is 0 Å². The third kappa shape index (κ3) is 3.14. The smallest absolute Gasteiger partial charge is 0.223 e. The van der Waals surface area contributed by atoms with Gasteiger partial charge in [-0.1, -0.05) is 12.2 Å². The normalized spacial score (nSPS) is 30.8. The molecule has 0 radical (unpaired) electrons. The first-order chi connectivity index (χ1) is 5.61. The van der Waals surface area contributed by atoms with Crippen LogP contribution in [-0.4, -0.2) is 11.8 Å². The van der Waals surface area contributed by atoms with Gasteiger partial charge >= 0.3 is 0 Å². The second-order valence-electron chi connectivity index (χ2n) is 3.66. The second kappa shape index (κ2) is 4.80. The summed E-state index contributed by atoms with van der Waals surface area (Å²) in [7, 11) is 0. The molecule has 1 aliphatic rings. The van der Waals surface area contributed by atoms with Crippen LogP contribution in [0, 0.1) is 5.92 Å². The molecule has 1 fully saturated rings. The Kier molecular flexibility index (Phi) is 4.68. The maximum atomic E-state index is 5.46. The van der Waals surface area contributed by atoms with Crippen LogP contribution in [0.2, 0.25) is 0 Å². The third-order valence-electron chi connectivity index (χ3n) is 2.31. The SMILES string of the molecule is C=CCC(CC=C)C1OC1(C)[NH3+].[Cl-]. The van der Waals surface area contributed by atoms with Crippen LogP contribution >= 0.6 is 0 Å². The van der Waals surface area contributed by atoms with E-state index in [2.05, 4.69) is 18.9 Å². The van der Waals surface area contributed by atoms with Crippen molar-refractivity contribution in [1.29, 1.82) is 0 Å². The van der Waals surface area contributed by atoms with Crippen LogP contribution in [-0.2, 0) is 4.74 Å². The molecule has 2 unspecified atom stereocenters. The summed E-state index contributed by atoms with van der Waals surface area (Å²) in [6, 6.07) is 0. The Morgan fingerprint density at radius 3 is 2.08 bits per heavy atom. The molecule has 13 heavy (non-hydrogen) atoms. The van der Waals surface area contributed by atoms with Crippen LogP contribution in [0.5, 0.6) is 0 Å². The molecule has 1 rings (SSSR count). The molecular weight excluding hydrogens is 186 g/mol. The lowest BCUT2D eigenvalue weighted by Crippen LogP contribution is -3.00. The van der Waals surface area contributed by atoms with E-state index in [9.17, 15) is 0 Å². The van der Waals surface area contributed by atoms with Crippen LogP contribution in [0.3, 0.4) is 0 Å². The Morgan fingerprint density at radius 2 is 1.85 bits per heavy atom. The highest BCUT2D eigenvalue weighted by atomic mass is 35.5. The summed E-state index contributed by atoms with van der Waals surface area (Å²) in [5.74, 6) is 0.516. The van der Waals surface area contributed by atoms with Crippen LogP contribution in [0.15, 0.2) is 25.3 Å². The molecule has 76 valence electrons. The quantitative estimate of drug-likeness (QED) is 0.412. The number of halogens is 1. The van der Waals surface area contributed by atoms with Crippen molar-refractivity contribution in [2.24, 2.45) is 5.92 Å². The zero-order valence-electron chi connectivity index (χ0n) is 8.13. The summed E-state index contributed by atoms with van der Waals surface area (Å²) >= 11 is 0. The van der Waals surface area contributed by atoms with Crippen molar-refractivity contribution < 1.29 is 22.9 Å². The first-order valence-electron chi connectivity index (χ1n) is 4.36. The fourth-order valence-corrected chi connectivity index (χ4v) is 1.62. The number of ether oxygens (including phenoxy) is 1. The molecule has 1 aliphatic heterocycles. The third-order valence-corrected chi connectivity index (χ3v) is 2.31. The molecule has 0 aromatic heterocycles. The van der Waals surface area contributed by atoms with Gasteiger partial charge in [-0.3, -0.25) is 0 Å². The highest BCUT2D eigenvalue weighted by Gasteiger charge is 2.56. The summed E-state index contributed by atoms with van der Waals surface area (Å²) < 4.78 is 5.46. The molecule has 3 N–H and O–H groups in total. The van der Waals surface area contributed by atoms with Gasteiger partial charge in [0, 0.05) is 12.8 Å². The molecule has 2 nitrogen and oxygen atoms in total. The van der Waals surface area contributed by atoms with Crippen molar-refractivity contribution in [2.45, 2.75) is 31.6 Å². The molecule has 0 aromatic rings. The van der Waals surface area contributed by atoms with E-state index in [0.717, 1.165) is 12.8 Å². The van der Waals surface area contributed by atoms with Crippen molar-refractivity contribution in [2.75, 3.05) is 0 Å². The summed E-state index contributed by atoms with van der Waals surface area (Å²) in [4.78, 5) is 0. The zero-order chi connectivity index (χ0) is 9.19. The van der Waals surface area contributed by atoms with E-state index in [0.29, 0.717) is 12.0 Å². The average Bonchev–Trinajstić information content (AvgIpc) is 2.60. The molecule has 0 spiro atoms. The van der Waals surface area contributed by atoms with E-state index in [1.165, 1.54) is 0 Å². The summed E-state index contributed by atoms with van der Waals surface area (Å²) in [5.41, 5.74) is 3.80. The van der Waals surface area contributed by atoms with Gasteiger partial charge in [0.1, 0.15) is 6.10 Å². The van der Waals surface area contributed by atoms with Gasteiger partial charge in [-0.15, -0.1) is 13.2 Å². The van der Waals surface area contributed by atoms with Crippen LogP contribution in [0.25, 0.3) is 0 Å². The minimum Gasteiger partial charge on any atom is -1.00 e. The highest BCUT2D eigenvalue weighted by Crippen LogP contribution is 2.38. The number of rotatable bonds is 5. The van der Waals surface area contributed by atoms with E-state index in [1.54, 1.807) is 0 Å². The van der Waals surface area contributed by atoms with Gasteiger partial charge < -0.3 is 22.9 Å². The zero-order valence-corrected chi connectivity index (χ0v) is 8.89. The molecular formula is C10H18ClNO. The maximum Gasteiger partial charge on any atom is 0.223 e. The van der Waals surface area contributed by atoms with Crippen LogP contribution in [0.4, 0.5) is 0 Å². The summed E-state index contributed by atoms with van der Waals surface area (Å²) in [6.45, 7) is 9.49. The second-order valence-corrected chi connectivity index (χ2v) is 3.66. The van der Waals surface area contributed by atoms with Crippen molar-refractivity contribution in [3.8, 4) is 0 Å². The topological polar surface area (TPSA) is 40.2 Å². The highest BCUT2D eigenvalue weighted by molar-refractivity contribution is 4.97. The number of hydrogen-bond acceptors (Lipinski definition) is 1. The van der Waals surface area contributed by atoms with Crippen molar-refractivity contribution in [3.05, 3.63) is 25.3 Å². The Balaban J connectivity index is 0.00000144. The van der Waals surface area contributed by atoms with Crippen molar-refractivity contribution in [1.82, 2.24) is 0 Å².